The summed E-state index contributed by atoms with van der Waals surface area (Å²) in [5, 5.41) is 2.86. The quantitative estimate of drug-likeness (QED) is 0.735. The van der Waals surface area contributed by atoms with Gasteiger partial charge in [0.05, 0.1) is 25.8 Å². The van der Waals surface area contributed by atoms with Gasteiger partial charge < -0.3 is 19.7 Å². The van der Waals surface area contributed by atoms with Crippen LogP contribution in [0.4, 0.5) is 11.4 Å². The second kappa shape index (κ2) is 9.46. The van der Waals surface area contributed by atoms with E-state index in [2.05, 4.69) is 5.32 Å². The lowest BCUT2D eigenvalue weighted by Crippen LogP contribution is -2.33. The van der Waals surface area contributed by atoms with E-state index in [0.717, 1.165) is 11.4 Å². The van der Waals surface area contributed by atoms with E-state index in [4.69, 9.17) is 9.47 Å². The van der Waals surface area contributed by atoms with Crippen LogP contribution in [0.3, 0.4) is 0 Å². The average molecular weight is 356 g/mol. The molecule has 138 valence electrons. The van der Waals surface area contributed by atoms with Crippen LogP contribution >= 0.6 is 0 Å². The van der Waals surface area contributed by atoms with E-state index in [1.165, 1.54) is 0 Å². The van der Waals surface area contributed by atoms with Crippen LogP contribution in [0, 0.1) is 0 Å². The van der Waals surface area contributed by atoms with Crippen molar-refractivity contribution in [2.45, 2.75) is 13.8 Å². The number of carbonyl (C=O) groups excluding carboxylic acids is 2. The Hall–Kier alpha value is -3.02. The smallest absolute Gasteiger partial charge is 0.338 e. The molecule has 1 N–H and O–H groups in total. The second-order valence-corrected chi connectivity index (χ2v) is 5.56. The fraction of sp³-hybridized carbons (Fsp3) is 0.300. The minimum Gasteiger partial charge on any atom is -0.497 e. The van der Waals surface area contributed by atoms with E-state index in [9.17, 15) is 9.59 Å². The van der Waals surface area contributed by atoms with E-state index < -0.39 is 0 Å². The van der Waals surface area contributed by atoms with Gasteiger partial charge in [-0.05, 0) is 56.3 Å². The van der Waals surface area contributed by atoms with Crippen LogP contribution in [-0.4, -0.2) is 38.7 Å². The number of nitrogens with one attached hydrogen (secondary N) is 1. The highest BCUT2D eigenvalue weighted by molar-refractivity contribution is 5.95. The lowest BCUT2D eigenvalue weighted by molar-refractivity contribution is -0.115. The Morgan fingerprint density at radius 1 is 1.08 bits per heavy atom. The Kier molecular flexibility index (Phi) is 7.02. The zero-order valence-electron chi connectivity index (χ0n) is 15.3. The SMILES string of the molecule is CCOC(=O)c1cccc(N(CC)CC(=O)Nc2ccc(OC)cc2)c1. The number of hydrogen-bond acceptors (Lipinski definition) is 5. The minimum absolute atomic E-state index is 0.140. The summed E-state index contributed by atoms with van der Waals surface area (Å²) in [6.07, 6.45) is 0. The first-order chi connectivity index (χ1) is 12.6. The van der Waals surface area contributed by atoms with Gasteiger partial charge in [-0.3, -0.25) is 4.79 Å². The second-order valence-electron chi connectivity index (χ2n) is 5.56. The van der Waals surface area contributed by atoms with Gasteiger partial charge >= 0.3 is 5.97 Å². The average Bonchev–Trinajstić information content (AvgIpc) is 2.67. The Bertz CT molecular complexity index is 744. The molecule has 0 saturated carbocycles. The zero-order valence-corrected chi connectivity index (χ0v) is 15.3. The molecule has 0 radical (unpaired) electrons. The molecule has 0 unspecified atom stereocenters. The Labute approximate surface area is 153 Å². The molecule has 0 heterocycles. The lowest BCUT2D eigenvalue weighted by atomic mass is 10.2. The molecule has 0 aromatic heterocycles. The largest absolute Gasteiger partial charge is 0.497 e. The van der Waals surface area contributed by atoms with Gasteiger partial charge in [-0.25, -0.2) is 4.79 Å². The molecule has 6 heteroatoms. The third kappa shape index (κ3) is 5.24. The maximum atomic E-state index is 12.4. The van der Waals surface area contributed by atoms with Gasteiger partial charge in [0, 0.05) is 17.9 Å². The summed E-state index contributed by atoms with van der Waals surface area (Å²) in [5.74, 6) is 0.223. The van der Waals surface area contributed by atoms with Crippen LogP contribution < -0.4 is 15.0 Å². The Balaban J connectivity index is 2.04. The molecule has 2 aromatic carbocycles. The summed E-state index contributed by atoms with van der Waals surface area (Å²) in [6, 6.07) is 14.2. The normalized spacial score (nSPS) is 10.1. The van der Waals surface area contributed by atoms with E-state index in [1.807, 2.05) is 17.9 Å². The molecule has 0 bridgehead atoms. The maximum absolute atomic E-state index is 12.4. The molecule has 6 nitrogen and oxygen atoms in total. The van der Waals surface area contributed by atoms with Gasteiger partial charge in [0.1, 0.15) is 5.75 Å². The highest BCUT2D eigenvalue weighted by Gasteiger charge is 2.13. The summed E-state index contributed by atoms with van der Waals surface area (Å²) in [5.41, 5.74) is 1.97. The van der Waals surface area contributed by atoms with Crippen LogP contribution in [0.5, 0.6) is 5.75 Å². The van der Waals surface area contributed by atoms with Crippen molar-refractivity contribution in [3.63, 3.8) is 0 Å². The van der Waals surface area contributed by atoms with Crippen LogP contribution in [0.1, 0.15) is 24.2 Å². The van der Waals surface area contributed by atoms with Gasteiger partial charge in [0.25, 0.3) is 0 Å². The summed E-state index contributed by atoms with van der Waals surface area (Å²) >= 11 is 0. The number of esters is 1. The molecule has 0 aliphatic carbocycles. The van der Waals surface area contributed by atoms with Crippen molar-refractivity contribution in [1.29, 1.82) is 0 Å². The third-order valence-electron chi connectivity index (χ3n) is 3.81. The minimum atomic E-state index is -0.368. The summed E-state index contributed by atoms with van der Waals surface area (Å²) in [6.45, 7) is 4.85. The third-order valence-corrected chi connectivity index (χ3v) is 3.81. The van der Waals surface area contributed by atoms with Crippen molar-refractivity contribution >= 4 is 23.3 Å². The molecule has 0 spiro atoms. The number of ether oxygens (including phenoxy) is 2. The monoisotopic (exact) mass is 356 g/mol. The van der Waals surface area contributed by atoms with Gasteiger partial charge in [-0.2, -0.15) is 0 Å². The van der Waals surface area contributed by atoms with Crippen molar-refractivity contribution in [2.24, 2.45) is 0 Å². The van der Waals surface area contributed by atoms with Gasteiger partial charge in [0.15, 0.2) is 0 Å². The number of nitrogens with zero attached hydrogens (tertiary/aromatic N) is 1. The number of methoxy groups -OCH3 is 1. The number of likely N-dealkylation sites (N-methyl/N-ethyl adjacent to an activating group) is 1. The standard InChI is InChI=1S/C20H24N2O4/c1-4-22(17-8-6-7-15(13-17)20(24)26-5-2)14-19(23)21-16-9-11-18(25-3)12-10-16/h6-13H,4-5,14H2,1-3H3,(H,21,23). The fourth-order valence-electron chi connectivity index (χ4n) is 2.48. The molecule has 2 aromatic rings. The predicted molar refractivity (Wildman–Crippen MR) is 102 cm³/mol. The number of benzene rings is 2. The Morgan fingerprint density at radius 2 is 1.81 bits per heavy atom. The number of rotatable bonds is 8. The Morgan fingerprint density at radius 3 is 2.42 bits per heavy atom. The number of amides is 1. The van der Waals surface area contributed by atoms with Crippen LogP contribution in [0.25, 0.3) is 0 Å². The maximum Gasteiger partial charge on any atom is 0.338 e. The molecule has 0 aliphatic heterocycles. The van der Waals surface area contributed by atoms with Crippen LogP contribution in [-0.2, 0) is 9.53 Å². The van der Waals surface area contributed by atoms with Crippen LogP contribution in [0.15, 0.2) is 48.5 Å². The topological polar surface area (TPSA) is 67.9 Å². The molecule has 26 heavy (non-hydrogen) atoms. The zero-order chi connectivity index (χ0) is 18.9. The van der Waals surface area contributed by atoms with Crippen molar-refractivity contribution in [3.8, 4) is 5.75 Å². The van der Waals surface area contributed by atoms with Crippen molar-refractivity contribution in [3.05, 3.63) is 54.1 Å². The lowest BCUT2D eigenvalue weighted by Gasteiger charge is -2.23. The van der Waals surface area contributed by atoms with Crippen molar-refractivity contribution < 1.29 is 19.1 Å². The van der Waals surface area contributed by atoms with Gasteiger partial charge in [-0.1, -0.05) is 6.07 Å². The van der Waals surface area contributed by atoms with E-state index in [-0.39, 0.29) is 18.4 Å². The highest BCUT2D eigenvalue weighted by Crippen LogP contribution is 2.18. The first kappa shape index (κ1) is 19.3. The van der Waals surface area contributed by atoms with Crippen LogP contribution in [0.2, 0.25) is 0 Å². The molecule has 0 fully saturated rings. The highest BCUT2D eigenvalue weighted by atomic mass is 16.5. The van der Waals surface area contributed by atoms with Gasteiger partial charge in [0.2, 0.25) is 5.91 Å². The van der Waals surface area contributed by atoms with Crippen molar-refractivity contribution in [2.75, 3.05) is 37.0 Å². The van der Waals surface area contributed by atoms with E-state index in [1.54, 1.807) is 56.5 Å². The molecule has 2 rings (SSSR count). The summed E-state index contributed by atoms with van der Waals surface area (Å²) in [7, 11) is 1.59. The van der Waals surface area contributed by atoms with E-state index in [0.29, 0.717) is 24.4 Å². The summed E-state index contributed by atoms with van der Waals surface area (Å²) < 4.78 is 10.1. The number of carbonyl (C=O) groups is 2. The molecular weight excluding hydrogens is 332 g/mol. The molecule has 0 atom stereocenters. The number of anilines is 2. The van der Waals surface area contributed by atoms with Crippen molar-refractivity contribution in [1.82, 2.24) is 0 Å². The molecule has 0 saturated heterocycles. The number of hydrogen-bond donors (Lipinski definition) is 1. The molecule has 1 amide bonds. The first-order valence-corrected chi connectivity index (χ1v) is 8.53. The molecule has 0 aliphatic rings. The van der Waals surface area contributed by atoms with E-state index >= 15 is 0 Å². The summed E-state index contributed by atoms with van der Waals surface area (Å²) in [4.78, 5) is 26.1. The molecular formula is C20H24N2O4. The predicted octanol–water partition coefficient (Wildman–Crippen LogP) is 3.34. The fourth-order valence-corrected chi connectivity index (χ4v) is 2.48. The van der Waals surface area contributed by atoms with Gasteiger partial charge in [-0.15, -0.1) is 0 Å². The first-order valence-electron chi connectivity index (χ1n) is 8.53.